The van der Waals surface area contributed by atoms with Crippen LogP contribution in [0.4, 0.5) is 0 Å². The van der Waals surface area contributed by atoms with E-state index in [0.717, 1.165) is 22.0 Å². The van der Waals surface area contributed by atoms with Crippen molar-refractivity contribution < 1.29 is 9.59 Å². The summed E-state index contributed by atoms with van der Waals surface area (Å²) in [5.41, 5.74) is 14.7. The van der Waals surface area contributed by atoms with E-state index in [0.29, 0.717) is 55.5 Å². The number of rotatable bonds is 10. The van der Waals surface area contributed by atoms with Crippen LogP contribution in [0.1, 0.15) is 24.0 Å². The van der Waals surface area contributed by atoms with Crippen LogP contribution in [0.15, 0.2) is 48.7 Å². The summed E-state index contributed by atoms with van der Waals surface area (Å²) in [6.45, 7) is 1.81. The van der Waals surface area contributed by atoms with Gasteiger partial charge in [-0.25, -0.2) is 0 Å². The third-order valence-corrected chi connectivity index (χ3v) is 7.52. The first kappa shape index (κ1) is 27.8. The van der Waals surface area contributed by atoms with Gasteiger partial charge in [-0.2, -0.15) is 0 Å². The lowest BCUT2D eigenvalue weighted by atomic mass is 10.0. The molecule has 0 unspecified atom stereocenters. The van der Waals surface area contributed by atoms with Gasteiger partial charge in [-0.1, -0.05) is 47.5 Å². The number of nitrogens with two attached hydrogens (primary N) is 2. The number of carbonyl (C=O) groups is 2. The van der Waals surface area contributed by atoms with Crippen LogP contribution in [-0.4, -0.2) is 70.8 Å². The summed E-state index contributed by atoms with van der Waals surface area (Å²) in [7, 11) is 0. The van der Waals surface area contributed by atoms with Gasteiger partial charge in [-0.05, 0) is 55.0 Å². The average molecular weight is 559 g/mol. The topological polar surface area (TPSA) is 144 Å². The second-order valence-electron chi connectivity index (χ2n) is 9.51. The Hall–Kier alpha value is -3.27. The number of halogens is 2. The molecular formula is C27H33Cl2N7O2. The number of carbonyl (C=O) groups excluding carboxylic acids is 2. The van der Waals surface area contributed by atoms with Crippen molar-refractivity contribution in [3.63, 3.8) is 0 Å². The molecule has 2 aromatic carbocycles. The van der Waals surface area contributed by atoms with E-state index in [2.05, 4.69) is 16.4 Å². The molecule has 0 bridgehead atoms. The number of benzene rings is 2. The zero-order valence-corrected chi connectivity index (χ0v) is 22.6. The van der Waals surface area contributed by atoms with E-state index in [4.69, 9.17) is 40.1 Å². The maximum absolute atomic E-state index is 13.6. The van der Waals surface area contributed by atoms with Crippen LogP contribution < -0.4 is 16.8 Å². The van der Waals surface area contributed by atoms with E-state index in [-0.39, 0.29) is 24.2 Å². The lowest BCUT2D eigenvalue weighted by Gasteiger charge is -2.41. The van der Waals surface area contributed by atoms with E-state index >= 15 is 0 Å². The Morgan fingerprint density at radius 1 is 1.18 bits per heavy atom. The fraction of sp³-hybridized carbons (Fsp3) is 0.370. The van der Waals surface area contributed by atoms with Gasteiger partial charge in [0.05, 0.1) is 6.04 Å². The summed E-state index contributed by atoms with van der Waals surface area (Å²) in [6, 6.07) is 11.7. The summed E-state index contributed by atoms with van der Waals surface area (Å²) < 4.78 is 0. The van der Waals surface area contributed by atoms with Gasteiger partial charge < -0.3 is 31.6 Å². The summed E-state index contributed by atoms with van der Waals surface area (Å²) in [4.78, 5) is 33.8. The van der Waals surface area contributed by atoms with Crippen molar-refractivity contribution in [3.8, 4) is 0 Å². The molecule has 38 heavy (non-hydrogen) atoms. The van der Waals surface area contributed by atoms with Crippen LogP contribution in [0.3, 0.4) is 0 Å². The largest absolute Gasteiger partial charge is 0.370 e. The van der Waals surface area contributed by atoms with Crippen LogP contribution in [0.5, 0.6) is 0 Å². The maximum Gasteiger partial charge on any atom is 0.245 e. The van der Waals surface area contributed by atoms with Crippen molar-refractivity contribution >= 4 is 51.9 Å². The molecule has 0 radical (unpaired) electrons. The number of fused-ring (bicyclic) bond motifs is 1. The minimum absolute atomic E-state index is 0.0935. The van der Waals surface area contributed by atoms with Crippen molar-refractivity contribution in [2.75, 3.05) is 26.2 Å². The van der Waals surface area contributed by atoms with Gasteiger partial charge in [-0.15, -0.1) is 0 Å². The number of H-pyrrole nitrogens is 1. The predicted molar refractivity (Wildman–Crippen MR) is 151 cm³/mol. The molecule has 1 aromatic heterocycles. The summed E-state index contributed by atoms with van der Waals surface area (Å²) in [6.07, 6.45) is 3.93. The van der Waals surface area contributed by atoms with Crippen molar-refractivity contribution in [1.29, 1.82) is 5.41 Å². The number of para-hydroxylation sites is 1. The molecule has 2 heterocycles. The lowest BCUT2D eigenvalue weighted by Crippen LogP contribution is -2.61. The third kappa shape index (κ3) is 6.59. The highest BCUT2D eigenvalue weighted by molar-refractivity contribution is 6.35. The molecule has 1 fully saturated rings. The quantitative estimate of drug-likeness (QED) is 0.148. The number of guanidine groups is 1. The van der Waals surface area contributed by atoms with Gasteiger partial charge in [0.2, 0.25) is 11.8 Å². The molecule has 0 aliphatic carbocycles. The Bertz CT molecular complexity index is 1310. The van der Waals surface area contributed by atoms with Crippen LogP contribution >= 0.6 is 23.2 Å². The minimum atomic E-state index is -0.850. The molecule has 7 N–H and O–H groups in total. The Morgan fingerprint density at radius 3 is 2.74 bits per heavy atom. The molecule has 0 spiro atoms. The fourth-order valence-electron chi connectivity index (χ4n) is 4.94. The standard InChI is InChI=1S/C27H33Cl2N7O2/c28-19-8-7-17(21(29)15-19)14-22(30)25(37)36-13-12-35(26(38)24(36)6-3-10-33-27(31)32)11-9-18-16-34-23-5-2-1-4-20(18)23/h1-2,4-5,7-8,15-16,22,24,34H,3,6,9-14,30H2,(H4,31,32,33)/t22-,24+/m1/s1. The summed E-state index contributed by atoms with van der Waals surface area (Å²) in [5, 5.41) is 12.2. The normalized spacial score (nSPS) is 16.6. The molecule has 2 amide bonds. The Balaban J connectivity index is 1.45. The third-order valence-electron chi connectivity index (χ3n) is 6.93. The minimum Gasteiger partial charge on any atom is -0.370 e. The lowest BCUT2D eigenvalue weighted by molar-refractivity contribution is -0.152. The molecular weight excluding hydrogens is 525 g/mol. The number of hydrogen-bond acceptors (Lipinski definition) is 4. The van der Waals surface area contributed by atoms with E-state index < -0.39 is 12.1 Å². The summed E-state index contributed by atoms with van der Waals surface area (Å²) >= 11 is 12.3. The van der Waals surface area contributed by atoms with Crippen LogP contribution in [-0.2, 0) is 22.4 Å². The number of piperazine rings is 1. The van der Waals surface area contributed by atoms with E-state index in [9.17, 15) is 9.59 Å². The second kappa shape index (κ2) is 12.5. The number of nitrogens with one attached hydrogen (secondary N) is 3. The Labute approximate surface area is 231 Å². The van der Waals surface area contributed by atoms with Gasteiger partial charge in [0.25, 0.3) is 0 Å². The van der Waals surface area contributed by atoms with E-state index in [1.54, 1.807) is 23.1 Å². The molecule has 1 saturated heterocycles. The molecule has 11 heteroatoms. The average Bonchev–Trinajstić information content (AvgIpc) is 3.30. The van der Waals surface area contributed by atoms with Crippen molar-refractivity contribution in [3.05, 3.63) is 69.8 Å². The van der Waals surface area contributed by atoms with Gasteiger partial charge >= 0.3 is 0 Å². The smallest absolute Gasteiger partial charge is 0.245 e. The van der Waals surface area contributed by atoms with Crippen LogP contribution in [0.25, 0.3) is 10.9 Å². The monoisotopic (exact) mass is 557 g/mol. The number of aromatic amines is 1. The van der Waals surface area contributed by atoms with Gasteiger partial charge in [0, 0.05) is 53.3 Å². The predicted octanol–water partition coefficient (Wildman–Crippen LogP) is 2.89. The van der Waals surface area contributed by atoms with Crippen molar-refractivity contribution in [2.24, 2.45) is 11.5 Å². The molecule has 3 aromatic rings. The molecule has 2 atom stereocenters. The van der Waals surface area contributed by atoms with E-state index in [1.807, 2.05) is 29.3 Å². The zero-order chi connectivity index (χ0) is 27.2. The highest BCUT2D eigenvalue weighted by Crippen LogP contribution is 2.24. The number of nitrogens with zero attached hydrogens (tertiary/aromatic N) is 2. The number of hydrogen-bond donors (Lipinski definition) is 5. The van der Waals surface area contributed by atoms with Gasteiger partial charge in [0.15, 0.2) is 5.96 Å². The van der Waals surface area contributed by atoms with Gasteiger partial charge in [-0.3, -0.25) is 15.0 Å². The Kier molecular flexibility index (Phi) is 9.14. The highest BCUT2D eigenvalue weighted by atomic mass is 35.5. The van der Waals surface area contributed by atoms with Crippen molar-refractivity contribution in [2.45, 2.75) is 37.8 Å². The molecule has 9 nitrogen and oxygen atoms in total. The van der Waals surface area contributed by atoms with E-state index in [1.165, 1.54) is 0 Å². The molecule has 202 valence electrons. The van der Waals surface area contributed by atoms with Crippen LogP contribution in [0.2, 0.25) is 10.0 Å². The van der Waals surface area contributed by atoms with Crippen molar-refractivity contribution in [1.82, 2.24) is 20.1 Å². The molecule has 4 rings (SSSR count). The first-order valence-electron chi connectivity index (χ1n) is 12.7. The van der Waals surface area contributed by atoms with Crippen LogP contribution in [0, 0.1) is 5.41 Å². The maximum atomic E-state index is 13.6. The highest BCUT2D eigenvalue weighted by Gasteiger charge is 2.38. The zero-order valence-electron chi connectivity index (χ0n) is 21.1. The molecule has 0 saturated carbocycles. The Morgan fingerprint density at radius 2 is 1.97 bits per heavy atom. The molecule has 1 aliphatic rings. The second-order valence-corrected chi connectivity index (χ2v) is 10.4. The number of amides is 2. The summed E-state index contributed by atoms with van der Waals surface area (Å²) in [5.74, 6) is -0.510. The molecule has 1 aliphatic heterocycles. The number of aromatic nitrogens is 1. The van der Waals surface area contributed by atoms with Gasteiger partial charge in [0.1, 0.15) is 6.04 Å². The first-order chi connectivity index (χ1) is 18.2. The fourth-order valence-corrected chi connectivity index (χ4v) is 5.43. The SMILES string of the molecule is N=C(N)NCCC[C@H]1C(=O)N(CCc2c[nH]c3ccccc23)CCN1C(=O)[C@H](N)Cc1ccc(Cl)cc1Cl. The first-order valence-corrected chi connectivity index (χ1v) is 13.4.